The van der Waals surface area contributed by atoms with Crippen LogP contribution in [0.2, 0.25) is 6.82 Å². The van der Waals surface area contributed by atoms with Crippen LogP contribution in [0.25, 0.3) is 10.4 Å². The zero-order chi connectivity index (χ0) is 24.4. The first kappa shape index (κ1) is 28.0. The van der Waals surface area contributed by atoms with Gasteiger partial charge in [-0.3, -0.25) is 14.4 Å². The maximum Gasteiger partial charge on any atom is 0.377 e. The second-order valence-electron chi connectivity index (χ2n) is 8.65. The summed E-state index contributed by atoms with van der Waals surface area (Å²) in [4.78, 5) is 36.7. The number of azide groups is 1. The number of aliphatic hydroxyl groups is 1. The number of carboxylic acids is 1. The van der Waals surface area contributed by atoms with Crippen LogP contribution < -0.4 is 10.6 Å². The lowest BCUT2D eigenvalue weighted by atomic mass is 9.83. The van der Waals surface area contributed by atoms with Gasteiger partial charge < -0.3 is 30.7 Å². The number of carbonyl (C=O) groups is 3. The van der Waals surface area contributed by atoms with E-state index in [9.17, 15) is 19.4 Å². The average Bonchev–Trinajstić information content (AvgIpc) is 3.42. The molecule has 3 aliphatic heterocycles. The van der Waals surface area contributed by atoms with Gasteiger partial charge in [-0.2, -0.15) is 0 Å². The van der Waals surface area contributed by atoms with Gasteiger partial charge in [0.15, 0.2) is 0 Å². The van der Waals surface area contributed by atoms with E-state index in [1.54, 1.807) is 13.7 Å². The Labute approximate surface area is 188 Å². The zero-order valence-corrected chi connectivity index (χ0v) is 19.1. The molecule has 13 heteroatoms. The summed E-state index contributed by atoms with van der Waals surface area (Å²) >= 11 is 0. The summed E-state index contributed by atoms with van der Waals surface area (Å²) in [5.74, 6) is -0.0825. The molecule has 6 atom stereocenters. The van der Waals surface area contributed by atoms with Crippen molar-refractivity contribution in [3.05, 3.63) is 10.4 Å². The first-order valence-corrected chi connectivity index (χ1v) is 10.8. The molecule has 0 unspecified atom stereocenters. The van der Waals surface area contributed by atoms with Gasteiger partial charge >= 0.3 is 13.0 Å². The number of nitrogens with one attached hydrogen (secondary N) is 2. The smallest absolute Gasteiger partial charge is 0.377 e. The number of ketones is 2. The van der Waals surface area contributed by atoms with Gasteiger partial charge in [-0.15, -0.1) is 0 Å². The lowest BCUT2D eigenvalue weighted by Gasteiger charge is -2.22. The summed E-state index contributed by atoms with van der Waals surface area (Å²) in [6.45, 7) is 8.81. The molecule has 12 nitrogen and oxygen atoms in total. The van der Waals surface area contributed by atoms with E-state index in [0.29, 0.717) is 31.8 Å². The summed E-state index contributed by atoms with van der Waals surface area (Å²) < 4.78 is 0. The normalized spacial score (nSPS) is 31.4. The number of hydrogen-bond donors (Lipinski definition) is 5. The highest BCUT2D eigenvalue weighted by Crippen LogP contribution is 2.23. The van der Waals surface area contributed by atoms with E-state index in [-0.39, 0.29) is 29.7 Å². The summed E-state index contributed by atoms with van der Waals surface area (Å²) in [5.41, 5.74) is 8.10. The molecule has 3 aliphatic rings. The maximum absolute atomic E-state index is 11.2. The van der Waals surface area contributed by atoms with Gasteiger partial charge in [0, 0.05) is 24.4 Å². The lowest BCUT2D eigenvalue weighted by molar-refractivity contribution is -0.139. The van der Waals surface area contributed by atoms with Crippen LogP contribution in [-0.2, 0) is 14.4 Å². The van der Waals surface area contributed by atoms with Crippen molar-refractivity contribution in [1.82, 2.24) is 15.4 Å². The molecule has 3 fully saturated rings. The summed E-state index contributed by atoms with van der Waals surface area (Å²) in [6.07, 6.45) is 1.38. The van der Waals surface area contributed by atoms with Crippen LogP contribution in [0.5, 0.6) is 0 Å². The second kappa shape index (κ2) is 13.5. The Hall–Kier alpha value is -2.02. The van der Waals surface area contributed by atoms with Crippen molar-refractivity contribution in [2.24, 2.45) is 11.0 Å². The molecule has 0 bridgehead atoms. The highest BCUT2D eigenvalue weighted by Gasteiger charge is 2.36. The third kappa shape index (κ3) is 9.23. The van der Waals surface area contributed by atoms with Crippen LogP contribution in [0.15, 0.2) is 5.11 Å². The molecule has 32 heavy (non-hydrogen) atoms. The first-order valence-electron chi connectivity index (χ1n) is 10.8. The standard InChI is InChI=1S/C8H16BNO2.C6H10N4O.C5H9NO3/c1-6-4-8(7(2)11)10(5-6)9(3)12;1-4(11)6-2-5(3-8-6)9-10-7;7-3-1-4(5(8)9)6-2-3/h6,8,12H,4-5H2,1-3H3;5-6,8H,2-3H2,1H3;3-4,6-7H,1-2H2,(H,8,9)/t6-,8+;5-,6-;3-,4+/m101/s1. The van der Waals surface area contributed by atoms with Crippen LogP contribution in [0.4, 0.5) is 0 Å². The molecule has 0 aromatic carbocycles. The van der Waals surface area contributed by atoms with Gasteiger partial charge in [0.25, 0.3) is 0 Å². The maximum atomic E-state index is 11.2. The number of Topliss-reactive ketones (excluding diaryl/α,β-unsaturated/α-hetero) is 2. The second-order valence-corrected chi connectivity index (χ2v) is 8.65. The molecule has 3 saturated heterocycles. The Bertz CT molecular complexity index is 696. The molecule has 0 saturated carbocycles. The van der Waals surface area contributed by atoms with Gasteiger partial charge in [0.1, 0.15) is 17.6 Å². The monoisotopic (exact) mass is 454 g/mol. The van der Waals surface area contributed by atoms with Crippen LogP contribution in [-0.4, -0.2) is 94.5 Å². The van der Waals surface area contributed by atoms with E-state index in [4.69, 9.17) is 15.7 Å². The largest absolute Gasteiger partial charge is 0.480 e. The quantitative estimate of drug-likeness (QED) is 0.162. The fraction of sp³-hybridized carbons (Fsp3) is 0.842. The molecule has 180 valence electrons. The van der Waals surface area contributed by atoms with Gasteiger partial charge in [0.05, 0.1) is 24.2 Å². The number of β-amino-alcohol motifs (C(OH)–C–C–N with tert-alkyl or cyclic N) is 1. The number of carbonyl (C=O) groups excluding carboxylic acids is 2. The van der Waals surface area contributed by atoms with Crippen molar-refractivity contribution in [2.75, 3.05) is 19.6 Å². The highest BCUT2D eigenvalue weighted by molar-refractivity contribution is 6.45. The van der Waals surface area contributed by atoms with Gasteiger partial charge in [-0.1, -0.05) is 12.0 Å². The number of nitrogens with zero attached hydrogens (tertiary/aromatic N) is 4. The first-order chi connectivity index (χ1) is 15.0. The average molecular weight is 454 g/mol. The van der Waals surface area contributed by atoms with E-state index in [0.717, 1.165) is 13.0 Å². The van der Waals surface area contributed by atoms with Gasteiger partial charge in [-0.25, -0.2) is 0 Å². The minimum Gasteiger partial charge on any atom is -0.480 e. The third-order valence-electron chi connectivity index (χ3n) is 5.72. The van der Waals surface area contributed by atoms with E-state index >= 15 is 0 Å². The van der Waals surface area contributed by atoms with Crippen LogP contribution in [0, 0.1) is 5.92 Å². The van der Waals surface area contributed by atoms with Gasteiger partial charge in [0.2, 0.25) is 0 Å². The molecule has 0 aromatic heterocycles. The SMILES string of the molecule is CB(O)N1C[C@H](C)C[C@H]1C(C)=O.CC(=O)[C@@H]1C[C@H](N=[N+]=[N-])CN1.O=C(O)[C@@H]1C[C@@H](O)CN1. The van der Waals surface area contributed by atoms with Crippen molar-refractivity contribution in [1.29, 1.82) is 0 Å². The van der Waals surface area contributed by atoms with E-state index in [2.05, 4.69) is 27.6 Å². The Morgan fingerprint density at radius 1 is 1.09 bits per heavy atom. The number of aliphatic carboxylic acids is 1. The fourth-order valence-electron chi connectivity index (χ4n) is 3.98. The van der Waals surface area contributed by atoms with Crippen molar-refractivity contribution in [3.63, 3.8) is 0 Å². The van der Waals surface area contributed by atoms with E-state index in [1.807, 2.05) is 4.81 Å². The van der Waals surface area contributed by atoms with Crippen LogP contribution >= 0.6 is 0 Å². The minimum atomic E-state index is -0.883. The number of aliphatic hydroxyl groups excluding tert-OH is 1. The molecular formula is C19H35BN6O6. The Kier molecular flexibility index (Phi) is 11.8. The Morgan fingerprint density at radius 3 is 2.06 bits per heavy atom. The van der Waals surface area contributed by atoms with Crippen molar-refractivity contribution in [2.45, 2.75) is 77.1 Å². The molecular weight excluding hydrogens is 419 g/mol. The minimum absolute atomic E-state index is 0.0473. The van der Waals surface area contributed by atoms with Crippen molar-refractivity contribution in [3.8, 4) is 0 Å². The molecule has 3 rings (SSSR count). The Balaban J connectivity index is 0.000000242. The predicted molar refractivity (Wildman–Crippen MR) is 119 cm³/mol. The molecule has 0 amide bonds. The third-order valence-corrected chi connectivity index (χ3v) is 5.72. The van der Waals surface area contributed by atoms with Crippen molar-refractivity contribution < 1.29 is 29.6 Å². The van der Waals surface area contributed by atoms with E-state index < -0.39 is 25.2 Å². The van der Waals surface area contributed by atoms with Gasteiger partial charge in [-0.05, 0) is 51.5 Å². The van der Waals surface area contributed by atoms with E-state index in [1.165, 1.54) is 6.92 Å². The van der Waals surface area contributed by atoms with Crippen LogP contribution in [0.1, 0.15) is 40.0 Å². The summed E-state index contributed by atoms with van der Waals surface area (Å²) in [7, 11) is -0.496. The highest BCUT2D eigenvalue weighted by atomic mass is 16.4. The van der Waals surface area contributed by atoms with Crippen LogP contribution in [0.3, 0.4) is 0 Å². The molecule has 0 aliphatic carbocycles. The summed E-state index contributed by atoms with van der Waals surface area (Å²) in [6, 6.07) is -0.751. The Morgan fingerprint density at radius 2 is 1.72 bits per heavy atom. The molecule has 0 aromatic rings. The predicted octanol–water partition coefficient (Wildman–Crippen LogP) is -0.194. The molecule has 5 N–H and O–H groups in total. The molecule has 3 heterocycles. The zero-order valence-electron chi connectivity index (χ0n) is 19.1. The number of carboxylic acid groups (broad SMARTS) is 1. The fourth-order valence-corrected chi connectivity index (χ4v) is 3.98. The molecule has 0 radical (unpaired) electrons. The number of hydrogen-bond acceptors (Lipinski definition) is 9. The molecule has 0 spiro atoms. The van der Waals surface area contributed by atoms with Crippen molar-refractivity contribution >= 4 is 24.6 Å². The summed E-state index contributed by atoms with van der Waals surface area (Å²) in [5, 5.41) is 35.7. The number of rotatable bonds is 5. The topological polar surface area (TPSA) is 188 Å². The lowest BCUT2D eigenvalue weighted by Crippen LogP contribution is -2.44.